The van der Waals surface area contributed by atoms with Crippen LogP contribution in [0.3, 0.4) is 0 Å². The molecule has 0 N–H and O–H groups in total. The van der Waals surface area contributed by atoms with Gasteiger partial charge in [0.05, 0.1) is 0 Å². The predicted molar refractivity (Wildman–Crippen MR) is 106 cm³/mol. The van der Waals surface area contributed by atoms with Gasteiger partial charge in [-0.25, -0.2) is 0 Å². The van der Waals surface area contributed by atoms with Crippen LogP contribution in [0.25, 0.3) is 0 Å². The first-order valence-electron chi connectivity index (χ1n) is 8.15. The van der Waals surface area contributed by atoms with Crippen LogP contribution in [0.2, 0.25) is 24.7 Å². The molecule has 0 saturated heterocycles. The van der Waals surface area contributed by atoms with Crippen LogP contribution < -0.4 is 0 Å². The van der Waals surface area contributed by atoms with E-state index in [0.717, 1.165) is 0 Å². The van der Waals surface area contributed by atoms with Gasteiger partial charge in [-0.1, -0.05) is 20.8 Å². The molecule has 0 aliphatic heterocycles. The van der Waals surface area contributed by atoms with Gasteiger partial charge in [-0.2, -0.15) is 0 Å². The maximum absolute atomic E-state index is 6.43. The second-order valence-electron chi connectivity index (χ2n) is 6.92. The normalized spacial score (nSPS) is 14.8. The zero-order valence-corrected chi connectivity index (χ0v) is 22.2. The highest BCUT2D eigenvalue weighted by Crippen LogP contribution is 2.44. The Balaban J connectivity index is 6.37. The number of hydrogen-bond acceptors (Lipinski definition) is 9. The van der Waals surface area contributed by atoms with Crippen LogP contribution in [0.4, 0.5) is 0 Å². The third-order valence-corrected chi connectivity index (χ3v) is 18.1. The molecule has 0 unspecified atom stereocenters. The maximum Gasteiger partial charge on any atom is 0.489 e. The summed E-state index contributed by atoms with van der Waals surface area (Å²) < 4.78 is 52.5. The van der Waals surface area contributed by atoms with Crippen molar-refractivity contribution in [2.24, 2.45) is 0 Å². The summed E-state index contributed by atoms with van der Waals surface area (Å²) in [6.07, 6.45) is 0. The van der Waals surface area contributed by atoms with Crippen LogP contribution in [0.1, 0.15) is 20.8 Å². The van der Waals surface area contributed by atoms with Crippen molar-refractivity contribution in [3.05, 3.63) is 0 Å². The Hall–Kier alpha value is 0.508. The molecule has 0 amide bonds. The smallest absolute Gasteiger partial charge is 0.377 e. The van der Waals surface area contributed by atoms with E-state index in [0.29, 0.717) is 0 Å². The van der Waals surface area contributed by atoms with Gasteiger partial charge in [0.15, 0.2) is 0 Å². The van der Waals surface area contributed by atoms with Gasteiger partial charge >= 0.3 is 35.2 Å². The molecular weight excluding hydrogens is 412 g/mol. The van der Waals surface area contributed by atoms with Crippen LogP contribution in [-0.4, -0.2) is 77.9 Å². The first kappa shape index (κ1) is 26.5. The molecule has 158 valence electrons. The summed E-state index contributed by atoms with van der Waals surface area (Å²) >= 11 is 0. The Bertz CT molecular complexity index is 370. The Labute approximate surface area is 162 Å². The van der Waals surface area contributed by atoms with Crippen molar-refractivity contribution in [2.75, 3.05) is 42.7 Å². The highest BCUT2D eigenvalue weighted by molar-refractivity contribution is 6.86. The Morgan fingerprint density at radius 1 is 0.462 bits per heavy atom. The molecule has 0 saturated carbocycles. The number of rotatable bonds is 12. The summed E-state index contributed by atoms with van der Waals surface area (Å²) in [5.74, 6) is 0. The fraction of sp³-hybridized carbons (Fsp3) is 1.00. The fourth-order valence-electron chi connectivity index (χ4n) is 1.75. The fourth-order valence-corrected chi connectivity index (χ4v) is 15.4. The molecule has 9 nitrogen and oxygen atoms in total. The maximum atomic E-state index is 6.43. The van der Waals surface area contributed by atoms with Gasteiger partial charge in [-0.15, -0.1) is 0 Å². The molecule has 0 bridgehead atoms. The van der Waals surface area contributed by atoms with Gasteiger partial charge < -0.3 is 38.9 Å². The molecule has 0 fully saturated rings. The van der Waals surface area contributed by atoms with Crippen molar-refractivity contribution in [3.8, 4) is 0 Å². The summed E-state index contributed by atoms with van der Waals surface area (Å²) in [5.41, 5.74) is 0. The molecule has 0 aromatic rings. The first-order chi connectivity index (χ1) is 11.7. The Morgan fingerprint density at radius 3 is 0.769 bits per heavy atom. The molecule has 0 aliphatic carbocycles. The highest BCUT2D eigenvalue weighted by Gasteiger charge is 2.65. The minimum absolute atomic E-state index is 0.574. The molecule has 0 atom stereocenters. The van der Waals surface area contributed by atoms with Gasteiger partial charge in [-0.3, -0.25) is 0 Å². The van der Waals surface area contributed by atoms with Crippen molar-refractivity contribution >= 4 is 35.2 Å². The van der Waals surface area contributed by atoms with Gasteiger partial charge in [0.2, 0.25) is 0 Å². The van der Waals surface area contributed by atoms with Crippen molar-refractivity contribution < 1.29 is 38.9 Å². The molecule has 26 heavy (non-hydrogen) atoms. The van der Waals surface area contributed by atoms with E-state index in [1.165, 1.54) is 42.7 Å². The summed E-state index contributed by atoms with van der Waals surface area (Å²) in [5, 5.41) is -0.574. The van der Waals surface area contributed by atoms with Crippen LogP contribution in [-0.2, 0) is 38.9 Å². The van der Waals surface area contributed by atoms with E-state index in [1.54, 1.807) is 19.6 Å². The third kappa shape index (κ3) is 6.54. The Morgan fingerprint density at radius 2 is 0.654 bits per heavy atom. The van der Waals surface area contributed by atoms with Crippen molar-refractivity contribution in [1.82, 2.24) is 0 Å². The topological polar surface area (TPSA) is 83.1 Å². The minimum atomic E-state index is -3.59. The lowest BCUT2D eigenvalue weighted by Crippen LogP contribution is -2.69. The minimum Gasteiger partial charge on any atom is -0.377 e. The number of hydrogen-bond donors (Lipinski definition) is 0. The van der Waals surface area contributed by atoms with E-state index in [9.17, 15) is 0 Å². The van der Waals surface area contributed by atoms with E-state index in [-0.39, 0.29) is 0 Å². The van der Waals surface area contributed by atoms with E-state index in [1.807, 2.05) is 20.8 Å². The average Bonchev–Trinajstić information content (AvgIpc) is 2.60. The molecule has 0 radical (unpaired) electrons. The first-order valence-corrected chi connectivity index (χ1v) is 16.5. The molecule has 0 aromatic heterocycles. The van der Waals surface area contributed by atoms with Crippen molar-refractivity contribution in [3.63, 3.8) is 0 Å². The van der Waals surface area contributed by atoms with Crippen LogP contribution in [0.5, 0.6) is 0 Å². The van der Waals surface area contributed by atoms with Gasteiger partial charge in [-0.05, 0) is 0 Å². The molecular formula is C13H36O9Si4. The van der Waals surface area contributed by atoms with E-state index < -0.39 is 40.3 Å². The van der Waals surface area contributed by atoms with E-state index in [4.69, 9.17) is 38.9 Å². The third-order valence-electron chi connectivity index (χ3n) is 4.10. The second kappa shape index (κ2) is 9.82. The summed E-state index contributed by atoms with van der Waals surface area (Å²) in [6, 6.07) is 0. The monoisotopic (exact) mass is 448 g/mol. The zero-order chi connectivity index (χ0) is 20.9. The lowest BCUT2D eigenvalue weighted by molar-refractivity contribution is 0.0545. The molecule has 13 heteroatoms. The largest absolute Gasteiger partial charge is 0.489 e. The van der Waals surface area contributed by atoms with Crippen molar-refractivity contribution in [1.29, 1.82) is 0 Å². The average molecular weight is 449 g/mol. The van der Waals surface area contributed by atoms with E-state index in [2.05, 4.69) is 0 Å². The van der Waals surface area contributed by atoms with E-state index >= 15 is 0 Å². The lowest BCUT2D eigenvalue weighted by Gasteiger charge is -2.47. The SMILES string of the molecule is CO[Si](C)(OC)O[Si](O[Si](C)(OC)OC)(O[Si](C)(OC)OC)C(C)(C)C. The molecule has 0 aliphatic rings. The summed E-state index contributed by atoms with van der Waals surface area (Å²) in [6.45, 7) is 11.2. The van der Waals surface area contributed by atoms with Gasteiger partial charge in [0.25, 0.3) is 0 Å². The van der Waals surface area contributed by atoms with Crippen molar-refractivity contribution in [2.45, 2.75) is 45.5 Å². The highest BCUT2D eigenvalue weighted by atomic mass is 28.5. The standard InChI is InChI=1S/C13H36O9Si4/c1-13(2,3)26(20-23(10,14-4)15-5,21-24(11,16-6)17-7)22-25(12,18-8)19-9/h1-12H3. The predicted octanol–water partition coefficient (Wildman–Crippen LogP) is 2.36. The molecule has 0 aromatic carbocycles. The van der Waals surface area contributed by atoms with Crippen LogP contribution >= 0.6 is 0 Å². The Kier molecular flexibility index (Phi) is 10.0. The van der Waals surface area contributed by atoms with Gasteiger partial charge in [0.1, 0.15) is 0 Å². The lowest BCUT2D eigenvalue weighted by atomic mass is 10.3. The second-order valence-corrected chi connectivity index (χ2v) is 19.6. The van der Waals surface area contributed by atoms with Crippen LogP contribution in [0, 0.1) is 0 Å². The molecule has 0 rings (SSSR count). The zero-order valence-electron chi connectivity index (χ0n) is 18.2. The summed E-state index contributed by atoms with van der Waals surface area (Å²) in [7, 11) is -3.58. The quantitative estimate of drug-likeness (QED) is 0.418. The van der Waals surface area contributed by atoms with Crippen LogP contribution in [0.15, 0.2) is 0 Å². The molecule has 0 spiro atoms. The summed E-state index contributed by atoms with van der Waals surface area (Å²) in [4.78, 5) is 0. The van der Waals surface area contributed by atoms with Gasteiger partial charge in [0, 0.05) is 67.3 Å². The molecule has 0 heterocycles.